The maximum absolute atomic E-state index is 12.3. The molecule has 0 spiro atoms. The minimum atomic E-state index is -0.162. The number of carbonyl (C=O) groups is 1. The van der Waals surface area contributed by atoms with Gasteiger partial charge in [0.2, 0.25) is 5.91 Å². The van der Waals surface area contributed by atoms with Gasteiger partial charge in [-0.1, -0.05) is 24.6 Å². The molecular weight excluding hydrogens is 276 g/mol. The zero-order valence-electron chi connectivity index (χ0n) is 13.1. The second-order valence-electron chi connectivity index (χ2n) is 5.74. The highest BCUT2D eigenvalue weighted by atomic mass is 16.2. The number of nitrogens with zero attached hydrogens (tertiary/aromatic N) is 2. The van der Waals surface area contributed by atoms with Crippen molar-refractivity contribution >= 4 is 11.6 Å². The number of hydrogen-bond acceptors (Lipinski definition) is 3. The molecule has 3 rings (SSSR count). The molecule has 1 aromatic heterocycles. The second kappa shape index (κ2) is 6.22. The fourth-order valence-electron chi connectivity index (χ4n) is 2.93. The van der Waals surface area contributed by atoms with E-state index in [1.165, 1.54) is 11.1 Å². The van der Waals surface area contributed by atoms with Crippen LogP contribution < -0.4 is 10.6 Å². The first-order chi connectivity index (χ1) is 10.7. The van der Waals surface area contributed by atoms with E-state index in [0.29, 0.717) is 6.54 Å². The van der Waals surface area contributed by atoms with Crippen molar-refractivity contribution in [3.63, 3.8) is 0 Å². The quantitative estimate of drug-likeness (QED) is 0.886. The van der Waals surface area contributed by atoms with Gasteiger partial charge in [0.1, 0.15) is 11.9 Å². The monoisotopic (exact) mass is 298 g/mol. The molecule has 5 nitrogen and oxygen atoms in total. The molecule has 1 atom stereocenters. The van der Waals surface area contributed by atoms with E-state index in [2.05, 4.69) is 52.2 Å². The van der Waals surface area contributed by atoms with E-state index < -0.39 is 0 Å². The van der Waals surface area contributed by atoms with Crippen LogP contribution >= 0.6 is 0 Å². The fourth-order valence-corrected chi connectivity index (χ4v) is 2.93. The molecule has 1 amide bonds. The Bertz CT molecular complexity index is 677. The summed E-state index contributed by atoms with van der Waals surface area (Å²) < 4.78 is 2.08. The Kier molecular flexibility index (Phi) is 4.13. The van der Waals surface area contributed by atoms with Gasteiger partial charge in [0, 0.05) is 44.0 Å². The molecule has 0 aliphatic carbocycles. The first-order valence-corrected chi connectivity index (χ1v) is 7.81. The standard InChI is InChI=1S/C17H22N4O/c1-3-16-18-6-8-21(16)9-7-19-17(22)15-11-13-10-12(2)4-5-14(13)20-15/h4-6,8,10,15,20H,3,7,9,11H2,1-2H3,(H,19,22)/t15-/m0/s1. The Labute approximate surface area is 130 Å². The van der Waals surface area contributed by atoms with E-state index >= 15 is 0 Å². The SMILES string of the molecule is CCc1nccn1CCNC(=O)[C@@H]1Cc2cc(C)ccc2N1. The zero-order valence-corrected chi connectivity index (χ0v) is 13.1. The molecule has 2 N–H and O–H groups in total. The molecule has 0 saturated carbocycles. The summed E-state index contributed by atoms with van der Waals surface area (Å²) in [6.45, 7) is 5.53. The molecule has 2 heterocycles. The highest BCUT2D eigenvalue weighted by molar-refractivity contribution is 5.87. The average Bonchev–Trinajstić information content (AvgIpc) is 3.12. The van der Waals surface area contributed by atoms with Crippen LogP contribution in [0.3, 0.4) is 0 Å². The zero-order chi connectivity index (χ0) is 15.5. The summed E-state index contributed by atoms with van der Waals surface area (Å²) in [5.41, 5.74) is 3.53. The number of fused-ring (bicyclic) bond motifs is 1. The van der Waals surface area contributed by atoms with Gasteiger partial charge in [0.15, 0.2) is 0 Å². The highest BCUT2D eigenvalue weighted by Gasteiger charge is 2.26. The van der Waals surface area contributed by atoms with Crippen LogP contribution in [0.1, 0.15) is 23.9 Å². The van der Waals surface area contributed by atoms with Crippen LogP contribution in [0.15, 0.2) is 30.6 Å². The van der Waals surface area contributed by atoms with Gasteiger partial charge in [-0.3, -0.25) is 4.79 Å². The fraction of sp³-hybridized carbons (Fsp3) is 0.412. The minimum absolute atomic E-state index is 0.0621. The number of aromatic nitrogens is 2. The Morgan fingerprint density at radius 1 is 1.50 bits per heavy atom. The number of rotatable bonds is 5. The molecule has 2 aromatic rings. The molecule has 1 aliphatic rings. The van der Waals surface area contributed by atoms with Crippen molar-refractivity contribution < 1.29 is 4.79 Å². The Morgan fingerprint density at radius 2 is 2.36 bits per heavy atom. The van der Waals surface area contributed by atoms with Gasteiger partial charge in [0.05, 0.1) is 0 Å². The van der Waals surface area contributed by atoms with E-state index in [1.54, 1.807) is 6.20 Å². The molecule has 1 aromatic carbocycles. The van der Waals surface area contributed by atoms with E-state index in [9.17, 15) is 4.79 Å². The molecule has 1 aliphatic heterocycles. The Hall–Kier alpha value is -2.30. The van der Waals surface area contributed by atoms with Gasteiger partial charge in [-0.15, -0.1) is 0 Å². The number of amides is 1. The lowest BCUT2D eigenvalue weighted by atomic mass is 10.1. The van der Waals surface area contributed by atoms with Crippen LogP contribution in [0, 0.1) is 6.92 Å². The third-order valence-electron chi connectivity index (χ3n) is 4.10. The first-order valence-electron chi connectivity index (χ1n) is 7.81. The van der Waals surface area contributed by atoms with Crippen molar-refractivity contribution in [2.75, 3.05) is 11.9 Å². The topological polar surface area (TPSA) is 59.0 Å². The molecule has 22 heavy (non-hydrogen) atoms. The van der Waals surface area contributed by atoms with Crippen molar-refractivity contribution in [2.24, 2.45) is 0 Å². The van der Waals surface area contributed by atoms with Crippen molar-refractivity contribution in [3.05, 3.63) is 47.5 Å². The maximum atomic E-state index is 12.3. The normalized spacial score (nSPS) is 16.2. The predicted molar refractivity (Wildman–Crippen MR) is 86.9 cm³/mol. The Morgan fingerprint density at radius 3 is 3.18 bits per heavy atom. The molecule has 0 fully saturated rings. The third kappa shape index (κ3) is 2.98. The van der Waals surface area contributed by atoms with Gasteiger partial charge in [-0.2, -0.15) is 0 Å². The second-order valence-corrected chi connectivity index (χ2v) is 5.74. The number of aryl methyl sites for hydroxylation is 2. The van der Waals surface area contributed by atoms with E-state index in [-0.39, 0.29) is 11.9 Å². The lowest BCUT2D eigenvalue weighted by Crippen LogP contribution is -2.39. The van der Waals surface area contributed by atoms with Gasteiger partial charge in [-0.25, -0.2) is 4.98 Å². The van der Waals surface area contributed by atoms with Crippen LogP contribution in [-0.2, 0) is 24.2 Å². The lowest BCUT2D eigenvalue weighted by Gasteiger charge is -2.13. The number of carbonyl (C=O) groups excluding carboxylic acids is 1. The number of hydrogen-bond donors (Lipinski definition) is 2. The molecule has 116 valence electrons. The molecule has 5 heteroatoms. The summed E-state index contributed by atoms with van der Waals surface area (Å²) >= 11 is 0. The van der Waals surface area contributed by atoms with Gasteiger partial charge >= 0.3 is 0 Å². The highest BCUT2D eigenvalue weighted by Crippen LogP contribution is 2.26. The Balaban J connectivity index is 1.51. The predicted octanol–water partition coefficient (Wildman–Crippen LogP) is 1.91. The number of anilines is 1. The lowest BCUT2D eigenvalue weighted by molar-refractivity contribution is -0.121. The average molecular weight is 298 g/mol. The van der Waals surface area contributed by atoms with Crippen molar-refractivity contribution in [3.8, 4) is 0 Å². The molecular formula is C17H22N4O. The van der Waals surface area contributed by atoms with Crippen molar-refractivity contribution in [1.29, 1.82) is 0 Å². The number of benzene rings is 1. The van der Waals surface area contributed by atoms with Crippen LogP contribution in [0.4, 0.5) is 5.69 Å². The first kappa shape index (κ1) is 14.6. The van der Waals surface area contributed by atoms with Crippen LogP contribution in [-0.4, -0.2) is 28.0 Å². The smallest absolute Gasteiger partial charge is 0.242 e. The van der Waals surface area contributed by atoms with Crippen molar-refractivity contribution in [2.45, 2.75) is 39.3 Å². The summed E-state index contributed by atoms with van der Waals surface area (Å²) in [6.07, 6.45) is 5.42. The van der Waals surface area contributed by atoms with Crippen LogP contribution in [0.2, 0.25) is 0 Å². The van der Waals surface area contributed by atoms with Gasteiger partial charge in [-0.05, 0) is 18.6 Å². The van der Waals surface area contributed by atoms with Gasteiger partial charge < -0.3 is 15.2 Å². The van der Waals surface area contributed by atoms with Crippen LogP contribution in [0.25, 0.3) is 0 Å². The maximum Gasteiger partial charge on any atom is 0.242 e. The summed E-state index contributed by atoms with van der Waals surface area (Å²) in [4.78, 5) is 16.6. The van der Waals surface area contributed by atoms with Crippen LogP contribution in [0.5, 0.6) is 0 Å². The number of imidazole rings is 1. The molecule has 0 bridgehead atoms. The largest absolute Gasteiger partial charge is 0.373 e. The summed E-state index contributed by atoms with van der Waals surface area (Å²) in [5.74, 6) is 1.11. The summed E-state index contributed by atoms with van der Waals surface area (Å²) in [5, 5.41) is 6.31. The third-order valence-corrected chi connectivity index (χ3v) is 4.10. The number of nitrogens with one attached hydrogen (secondary N) is 2. The summed E-state index contributed by atoms with van der Waals surface area (Å²) in [7, 11) is 0. The van der Waals surface area contributed by atoms with E-state index in [1.807, 2.05) is 6.20 Å². The summed E-state index contributed by atoms with van der Waals surface area (Å²) in [6, 6.07) is 6.11. The van der Waals surface area contributed by atoms with E-state index in [0.717, 1.165) is 30.9 Å². The molecule has 0 unspecified atom stereocenters. The van der Waals surface area contributed by atoms with Gasteiger partial charge in [0.25, 0.3) is 0 Å². The molecule has 0 saturated heterocycles. The molecule has 0 radical (unpaired) electrons. The van der Waals surface area contributed by atoms with Crippen molar-refractivity contribution in [1.82, 2.24) is 14.9 Å². The van der Waals surface area contributed by atoms with E-state index in [4.69, 9.17) is 0 Å². The minimum Gasteiger partial charge on any atom is -0.373 e.